The lowest BCUT2D eigenvalue weighted by Gasteiger charge is -2.28. The van der Waals surface area contributed by atoms with Crippen molar-refractivity contribution in [3.05, 3.63) is 29.8 Å². The van der Waals surface area contributed by atoms with Gasteiger partial charge in [-0.3, -0.25) is 10.1 Å². The van der Waals surface area contributed by atoms with E-state index in [1.165, 1.54) is 7.11 Å². The zero-order chi connectivity index (χ0) is 20.6. The van der Waals surface area contributed by atoms with Crippen LogP contribution in [-0.4, -0.2) is 42.2 Å². The average molecular weight is 381 g/mol. The van der Waals surface area contributed by atoms with Crippen LogP contribution in [0.2, 0.25) is 0 Å². The molecule has 7 heteroatoms. The fourth-order valence-electron chi connectivity index (χ4n) is 2.31. The molecule has 7 nitrogen and oxygen atoms in total. The van der Waals surface area contributed by atoms with Crippen molar-refractivity contribution in [2.75, 3.05) is 7.11 Å². The zero-order valence-electron chi connectivity index (χ0n) is 16.9. The van der Waals surface area contributed by atoms with Crippen LogP contribution in [0.15, 0.2) is 24.3 Å². The summed E-state index contributed by atoms with van der Waals surface area (Å²) < 4.78 is 15.7. The van der Waals surface area contributed by atoms with Crippen LogP contribution >= 0.6 is 0 Å². The number of nitrogens with one attached hydrogen (secondary N) is 1. The van der Waals surface area contributed by atoms with Crippen molar-refractivity contribution in [2.24, 2.45) is 5.92 Å². The fourth-order valence-corrected chi connectivity index (χ4v) is 2.31. The Kier molecular flexibility index (Phi) is 8.56. The number of ether oxygens (including phenoxy) is 3. The van der Waals surface area contributed by atoms with Crippen LogP contribution in [0.25, 0.3) is 0 Å². The van der Waals surface area contributed by atoms with Crippen LogP contribution in [0.3, 0.4) is 0 Å². The van der Waals surface area contributed by atoms with Crippen molar-refractivity contribution in [1.29, 1.82) is 0 Å². The van der Waals surface area contributed by atoms with Crippen LogP contribution in [0.5, 0.6) is 5.75 Å². The van der Waals surface area contributed by atoms with Gasteiger partial charge < -0.3 is 19.3 Å². The first-order valence-electron chi connectivity index (χ1n) is 9.00. The summed E-state index contributed by atoms with van der Waals surface area (Å²) in [6, 6.07) is 6.80. The third-order valence-electron chi connectivity index (χ3n) is 3.48. The summed E-state index contributed by atoms with van der Waals surface area (Å²) in [5, 5.41) is 13.0. The monoisotopic (exact) mass is 381 g/mol. The van der Waals surface area contributed by atoms with Crippen LogP contribution < -0.4 is 10.1 Å². The lowest BCUT2D eigenvalue weighted by Crippen LogP contribution is -2.49. The number of benzene rings is 1. The SMILES string of the molecule is COC(=O)Cc1ccc(OC(NC(=O)OC(C)(C)C)C(O)CC(C)C)cc1. The summed E-state index contributed by atoms with van der Waals surface area (Å²) in [4.78, 5) is 23.4. The predicted molar refractivity (Wildman–Crippen MR) is 101 cm³/mol. The molecule has 152 valence electrons. The van der Waals surface area contributed by atoms with E-state index in [4.69, 9.17) is 9.47 Å². The molecule has 0 aliphatic heterocycles. The second-order valence-corrected chi connectivity index (χ2v) is 7.78. The molecule has 2 atom stereocenters. The molecule has 0 spiro atoms. The first-order valence-corrected chi connectivity index (χ1v) is 9.00. The molecule has 0 aliphatic rings. The Morgan fingerprint density at radius 3 is 2.22 bits per heavy atom. The lowest BCUT2D eigenvalue weighted by atomic mass is 10.0. The molecule has 0 radical (unpaired) electrons. The van der Waals surface area contributed by atoms with Crippen molar-refractivity contribution in [3.63, 3.8) is 0 Å². The summed E-state index contributed by atoms with van der Waals surface area (Å²) in [5.74, 6) is 0.335. The molecule has 2 unspecified atom stereocenters. The number of carbonyl (C=O) groups excluding carboxylic acids is 2. The average Bonchev–Trinajstić information content (AvgIpc) is 2.53. The Morgan fingerprint density at radius 2 is 1.74 bits per heavy atom. The van der Waals surface area contributed by atoms with Crippen LogP contribution in [0.1, 0.15) is 46.6 Å². The summed E-state index contributed by atoms with van der Waals surface area (Å²) in [7, 11) is 1.34. The second-order valence-electron chi connectivity index (χ2n) is 7.78. The largest absolute Gasteiger partial charge is 0.469 e. The molecule has 0 bridgehead atoms. The first-order chi connectivity index (χ1) is 12.5. The predicted octanol–water partition coefficient (Wildman–Crippen LogP) is 3.04. The van der Waals surface area contributed by atoms with Gasteiger partial charge in [0.05, 0.1) is 13.5 Å². The van der Waals surface area contributed by atoms with Crippen molar-refractivity contribution in [1.82, 2.24) is 5.32 Å². The zero-order valence-corrected chi connectivity index (χ0v) is 16.9. The number of alkyl carbamates (subject to hydrolysis) is 1. The Labute approximate surface area is 161 Å². The minimum atomic E-state index is -0.964. The maximum absolute atomic E-state index is 12.1. The van der Waals surface area contributed by atoms with E-state index in [-0.39, 0.29) is 18.3 Å². The molecule has 0 aliphatic carbocycles. The molecule has 0 fully saturated rings. The van der Waals surface area contributed by atoms with Gasteiger partial charge in [0.1, 0.15) is 17.5 Å². The minimum Gasteiger partial charge on any atom is -0.469 e. The summed E-state index contributed by atoms with van der Waals surface area (Å²) >= 11 is 0. The number of hydrogen-bond donors (Lipinski definition) is 2. The van der Waals surface area contributed by atoms with E-state index < -0.39 is 24.0 Å². The van der Waals surface area contributed by atoms with E-state index in [2.05, 4.69) is 10.1 Å². The number of hydrogen-bond acceptors (Lipinski definition) is 6. The van der Waals surface area contributed by atoms with Gasteiger partial charge in [-0.1, -0.05) is 26.0 Å². The van der Waals surface area contributed by atoms with E-state index in [9.17, 15) is 14.7 Å². The molecular weight excluding hydrogens is 350 g/mol. The van der Waals surface area contributed by atoms with Crippen LogP contribution in [0.4, 0.5) is 4.79 Å². The number of rotatable bonds is 8. The van der Waals surface area contributed by atoms with Gasteiger partial charge in [-0.2, -0.15) is 0 Å². The van der Waals surface area contributed by atoms with Gasteiger partial charge in [-0.15, -0.1) is 0 Å². The standard InChI is InChI=1S/C20H31NO6/c1-13(2)11-16(22)18(21-19(24)27-20(3,4)5)26-15-9-7-14(8-10-15)12-17(23)25-6/h7-10,13,16,18,22H,11-12H2,1-6H3,(H,21,24). The van der Waals surface area contributed by atoms with Gasteiger partial charge in [-0.05, 0) is 50.8 Å². The smallest absolute Gasteiger partial charge is 0.410 e. The first kappa shape index (κ1) is 22.8. The van der Waals surface area contributed by atoms with E-state index in [0.717, 1.165) is 5.56 Å². The minimum absolute atomic E-state index is 0.159. The Hall–Kier alpha value is -2.28. The third-order valence-corrected chi connectivity index (χ3v) is 3.48. The topological polar surface area (TPSA) is 94.1 Å². The van der Waals surface area contributed by atoms with Gasteiger partial charge in [0.25, 0.3) is 0 Å². The highest BCUT2D eigenvalue weighted by Gasteiger charge is 2.26. The molecular formula is C20H31NO6. The maximum atomic E-state index is 12.1. The lowest BCUT2D eigenvalue weighted by molar-refractivity contribution is -0.139. The number of aliphatic hydroxyl groups excluding tert-OH is 1. The van der Waals surface area contributed by atoms with Crippen molar-refractivity contribution in [2.45, 2.75) is 65.4 Å². The number of carbonyl (C=O) groups is 2. The molecule has 1 rings (SSSR count). The normalized spacial score (nSPS) is 13.6. The quantitative estimate of drug-likeness (QED) is 0.531. The number of methoxy groups -OCH3 is 1. The van der Waals surface area contributed by atoms with Gasteiger partial charge in [0.15, 0.2) is 0 Å². The number of aliphatic hydroxyl groups is 1. The molecule has 0 aromatic heterocycles. The van der Waals surface area contributed by atoms with Crippen LogP contribution in [0, 0.1) is 5.92 Å². The van der Waals surface area contributed by atoms with E-state index in [1.54, 1.807) is 45.0 Å². The molecule has 1 aromatic carbocycles. The highest BCUT2D eigenvalue weighted by Crippen LogP contribution is 2.18. The molecule has 1 aromatic rings. The van der Waals surface area contributed by atoms with Gasteiger partial charge in [0, 0.05) is 0 Å². The third kappa shape index (κ3) is 9.28. The highest BCUT2D eigenvalue weighted by molar-refractivity contribution is 5.72. The van der Waals surface area contributed by atoms with E-state index in [1.807, 2.05) is 13.8 Å². The molecule has 1 amide bonds. The highest BCUT2D eigenvalue weighted by atomic mass is 16.6. The molecule has 2 N–H and O–H groups in total. The Balaban J connectivity index is 2.83. The summed E-state index contributed by atoms with van der Waals surface area (Å²) in [6.07, 6.45) is -1.94. The van der Waals surface area contributed by atoms with Crippen molar-refractivity contribution in [3.8, 4) is 5.75 Å². The number of esters is 1. The van der Waals surface area contributed by atoms with Gasteiger partial charge in [-0.25, -0.2) is 4.79 Å². The second kappa shape index (κ2) is 10.2. The van der Waals surface area contributed by atoms with E-state index in [0.29, 0.717) is 12.2 Å². The van der Waals surface area contributed by atoms with Crippen molar-refractivity contribution >= 4 is 12.1 Å². The van der Waals surface area contributed by atoms with Gasteiger partial charge >= 0.3 is 12.1 Å². The molecule has 27 heavy (non-hydrogen) atoms. The Bertz CT molecular complexity index is 606. The summed E-state index contributed by atoms with van der Waals surface area (Å²) in [5.41, 5.74) is 0.112. The summed E-state index contributed by atoms with van der Waals surface area (Å²) in [6.45, 7) is 9.21. The Morgan fingerprint density at radius 1 is 1.15 bits per heavy atom. The van der Waals surface area contributed by atoms with Crippen molar-refractivity contribution < 1.29 is 28.9 Å². The molecule has 0 saturated carbocycles. The molecule has 0 heterocycles. The van der Waals surface area contributed by atoms with Crippen LogP contribution in [-0.2, 0) is 20.7 Å². The molecule has 0 saturated heterocycles. The number of amides is 1. The van der Waals surface area contributed by atoms with E-state index >= 15 is 0 Å². The van der Waals surface area contributed by atoms with Gasteiger partial charge in [0.2, 0.25) is 6.23 Å². The fraction of sp³-hybridized carbons (Fsp3) is 0.600. The maximum Gasteiger partial charge on any atom is 0.410 e.